The third-order valence-corrected chi connectivity index (χ3v) is 2.20. The van der Waals surface area contributed by atoms with Crippen molar-refractivity contribution in [3.8, 4) is 0 Å². The van der Waals surface area contributed by atoms with Crippen molar-refractivity contribution < 1.29 is 9.53 Å². The second kappa shape index (κ2) is 4.07. The van der Waals surface area contributed by atoms with Crippen LogP contribution in [0.15, 0.2) is 0 Å². The van der Waals surface area contributed by atoms with Crippen molar-refractivity contribution in [2.24, 2.45) is 0 Å². The molecule has 2 aliphatic rings. The van der Waals surface area contributed by atoms with E-state index >= 15 is 0 Å². The number of halogens is 1. The van der Waals surface area contributed by atoms with E-state index in [1.165, 1.54) is 0 Å². The number of hydrogen-bond donors (Lipinski definition) is 1. The highest BCUT2D eigenvalue weighted by Crippen LogP contribution is 2.08. The summed E-state index contributed by atoms with van der Waals surface area (Å²) in [6, 6.07) is 0.282. The van der Waals surface area contributed by atoms with Crippen LogP contribution in [0.25, 0.3) is 0 Å². The number of amides is 1. The van der Waals surface area contributed by atoms with Gasteiger partial charge in [-0.1, -0.05) is 0 Å². The summed E-state index contributed by atoms with van der Waals surface area (Å²) >= 11 is 0. The molecular weight excluding hydrogens is 180 g/mol. The molecule has 12 heavy (non-hydrogen) atoms. The Kier molecular flexibility index (Phi) is 3.31. The van der Waals surface area contributed by atoms with Crippen molar-refractivity contribution in [2.45, 2.75) is 6.04 Å². The predicted octanol–water partition coefficient (Wildman–Crippen LogP) is -0.761. The first-order chi connectivity index (χ1) is 5.38. The zero-order valence-corrected chi connectivity index (χ0v) is 7.60. The zero-order valence-electron chi connectivity index (χ0n) is 6.78. The number of nitrogens with zero attached hydrogens (tertiary/aromatic N) is 1. The molecule has 0 spiro atoms. The number of nitrogens with one attached hydrogen (secondary N) is 1. The van der Waals surface area contributed by atoms with E-state index in [-0.39, 0.29) is 24.4 Å². The maximum absolute atomic E-state index is 11.2. The number of carbonyl (C=O) groups is 1. The molecule has 0 aromatic carbocycles. The Morgan fingerprint density at radius 1 is 1.58 bits per heavy atom. The van der Waals surface area contributed by atoms with Gasteiger partial charge in [0.05, 0.1) is 25.8 Å². The normalized spacial score (nSPS) is 29.2. The van der Waals surface area contributed by atoms with Crippen LogP contribution in [-0.2, 0) is 9.53 Å². The van der Waals surface area contributed by atoms with Crippen LogP contribution < -0.4 is 5.32 Å². The van der Waals surface area contributed by atoms with Gasteiger partial charge in [0.15, 0.2) is 0 Å². The molecule has 0 radical (unpaired) electrons. The Hall–Kier alpha value is -0.320. The highest BCUT2D eigenvalue weighted by molar-refractivity contribution is 5.85. The van der Waals surface area contributed by atoms with Crippen molar-refractivity contribution in [3.05, 3.63) is 0 Å². The van der Waals surface area contributed by atoms with Crippen molar-refractivity contribution >= 4 is 18.3 Å². The number of piperazine rings is 1. The van der Waals surface area contributed by atoms with E-state index in [0.717, 1.165) is 13.1 Å². The average molecular weight is 193 g/mol. The molecule has 0 bridgehead atoms. The van der Waals surface area contributed by atoms with Crippen LogP contribution in [-0.4, -0.2) is 49.7 Å². The molecule has 1 amide bonds. The number of fused-ring (bicyclic) bond motifs is 1. The molecule has 2 aliphatic heterocycles. The first-order valence-electron chi connectivity index (χ1n) is 3.96. The van der Waals surface area contributed by atoms with Crippen LogP contribution >= 0.6 is 12.4 Å². The maximum atomic E-state index is 11.2. The SMILES string of the molecule is Cl.O=C1CNCC2COCCN12. The number of morpholine rings is 1. The largest absolute Gasteiger partial charge is 0.377 e. The smallest absolute Gasteiger partial charge is 0.236 e. The zero-order chi connectivity index (χ0) is 7.68. The summed E-state index contributed by atoms with van der Waals surface area (Å²) in [6.07, 6.45) is 0. The van der Waals surface area contributed by atoms with E-state index < -0.39 is 0 Å². The first kappa shape index (κ1) is 9.77. The molecule has 5 heteroatoms. The highest BCUT2D eigenvalue weighted by Gasteiger charge is 2.29. The van der Waals surface area contributed by atoms with Gasteiger partial charge in [0, 0.05) is 13.1 Å². The van der Waals surface area contributed by atoms with E-state index in [2.05, 4.69) is 5.32 Å². The van der Waals surface area contributed by atoms with Gasteiger partial charge in [0.1, 0.15) is 0 Å². The number of ether oxygens (including phenoxy) is 1. The van der Waals surface area contributed by atoms with Crippen LogP contribution in [0, 0.1) is 0 Å². The van der Waals surface area contributed by atoms with E-state index in [4.69, 9.17) is 4.74 Å². The van der Waals surface area contributed by atoms with Gasteiger partial charge in [-0.15, -0.1) is 12.4 Å². The molecule has 0 saturated carbocycles. The van der Waals surface area contributed by atoms with Gasteiger partial charge in [-0.3, -0.25) is 4.79 Å². The van der Waals surface area contributed by atoms with E-state index in [1.807, 2.05) is 4.90 Å². The molecular formula is C7H13ClN2O2. The molecule has 1 unspecified atom stereocenters. The van der Waals surface area contributed by atoms with Gasteiger partial charge < -0.3 is 15.0 Å². The standard InChI is InChI=1S/C7H12N2O2.ClH/c10-7-4-8-3-6-5-11-2-1-9(6)7;/h6,8H,1-5H2;1H. The lowest BCUT2D eigenvalue weighted by atomic mass is 10.2. The minimum atomic E-state index is 0. The van der Waals surface area contributed by atoms with Crippen LogP contribution in [0.3, 0.4) is 0 Å². The second-order valence-electron chi connectivity index (χ2n) is 2.95. The third kappa shape index (κ3) is 1.71. The van der Waals surface area contributed by atoms with Crippen molar-refractivity contribution in [1.29, 1.82) is 0 Å². The Bertz CT molecular complexity index is 175. The van der Waals surface area contributed by atoms with Gasteiger partial charge in [0.25, 0.3) is 0 Å². The lowest BCUT2D eigenvalue weighted by molar-refractivity contribution is -0.141. The van der Waals surface area contributed by atoms with Crippen LogP contribution in [0.5, 0.6) is 0 Å². The summed E-state index contributed by atoms with van der Waals surface area (Å²) in [5.41, 5.74) is 0. The molecule has 0 aliphatic carbocycles. The monoisotopic (exact) mass is 192 g/mol. The fourth-order valence-electron chi connectivity index (χ4n) is 1.60. The maximum Gasteiger partial charge on any atom is 0.236 e. The Balaban J connectivity index is 0.000000720. The summed E-state index contributed by atoms with van der Waals surface area (Å²) in [4.78, 5) is 13.2. The van der Waals surface area contributed by atoms with E-state index in [9.17, 15) is 4.79 Å². The molecule has 2 rings (SSSR count). The molecule has 2 saturated heterocycles. The lowest BCUT2D eigenvalue weighted by Crippen LogP contribution is -2.59. The Morgan fingerprint density at radius 2 is 2.42 bits per heavy atom. The van der Waals surface area contributed by atoms with Gasteiger partial charge >= 0.3 is 0 Å². The molecule has 0 aromatic rings. The number of hydrogen-bond acceptors (Lipinski definition) is 3. The fraction of sp³-hybridized carbons (Fsp3) is 0.857. The van der Waals surface area contributed by atoms with E-state index in [1.54, 1.807) is 0 Å². The fourth-order valence-corrected chi connectivity index (χ4v) is 1.60. The molecule has 2 heterocycles. The van der Waals surface area contributed by atoms with Crippen LogP contribution in [0.4, 0.5) is 0 Å². The summed E-state index contributed by atoms with van der Waals surface area (Å²) in [5, 5.41) is 3.06. The number of rotatable bonds is 0. The minimum absolute atomic E-state index is 0. The van der Waals surface area contributed by atoms with Gasteiger partial charge in [-0.05, 0) is 0 Å². The highest BCUT2D eigenvalue weighted by atomic mass is 35.5. The van der Waals surface area contributed by atoms with Crippen molar-refractivity contribution in [2.75, 3.05) is 32.8 Å². The molecule has 1 atom stereocenters. The van der Waals surface area contributed by atoms with E-state index in [0.29, 0.717) is 19.8 Å². The van der Waals surface area contributed by atoms with Crippen LogP contribution in [0.2, 0.25) is 0 Å². The minimum Gasteiger partial charge on any atom is -0.377 e. The second-order valence-corrected chi connectivity index (χ2v) is 2.95. The van der Waals surface area contributed by atoms with Gasteiger partial charge in [-0.2, -0.15) is 0 Å². The van der Waals surface area contributed by atoms with Crippen molar-refractivity contribution in [1.82, 2.24) is 10.2 Å². The predicted molar refractivity (Wildman–Crippen MR) is 46.4 cm³/mol. The molecule has 70 valence electrons. The molecule has 2 fully saturated rings. The summed E-state index contributed by atoms with van der Waals surface area (Å²) in [7, 11) is 0. The molecule has 0 aromatic heterocycles. The molecule has 1 N–H and O–H groups in total. The van der Waals surface area contributed by atoms with Crippen LogP contribution in [0.1, 0.15) is 0 Å². The quantitative estimate of drug-likeness (QED) is 0.549. The summed E-state index contributed by atoms with van der Waals surface area (Å²) < 4.78 is 5.25. The Labute approximate surface area is 77.7 Å². The van der Waals surface area contributed by atoms with Gasteiger partial charge in [-0.25, -0.2) is 0 Å². The molecule has 4 nitrogen and oxygen atoms in total. The summed E-state index contributed by atoms with van der Waals surface area (Å²) in [6.45, 7) is 3.54. The lowest BCUT2D eigenvalue weighted by Gasteiger charge is -2.39. The van der Waals surface area contributed by atoms with Gasteiger partial charge in [0.2, 0.25) is 5.91 Å². The Morgan fingerprint density at radius 3 is 3.17 bits per heavy atom. The third-order valence-electron chi connectivity index (χ3n) is 2.20. The van der Waals surface area contributed by atoms with Crippen molar-refractivity contribution in [3.63, 3.8) is 0 Å². The first-order valence-corrected chi connectivity index (χ1v) is 3.96. The topological polar surface area (TPSA) is 41.6 Å². The number of carbonyl (C=O) groups excluding carboxylic acids is 1. The average Bonchev–Trinajstić information content (AvgIpc) is 2.06. The summed E-state index contributed by atoms with van der Waals surface area (Å²) in [5.74, 6) is 0.213.